The van der Waals surface area contributed by atoms with E-state index in [0.717, 1.165) is 18.2 Å². The number of pyridine rings is 1. The molecule has 0 aliphatic carbocycles. The van der Waals surface area contributed by atoms with Crippen LogP contribution in [0.5, 0.6) is 0 Å². The molecule has 0 atom stereocenters. The molecule has 148 valence electrons. The molecule has 1 aromatic carbocycles. The van der Waals surface area contributed by atoms with Crippen molar-refractivity contribution in [2.45, 2.75) is 25.4 Å². The lowest BCUT2D eigenvalue weighted by molar-refractivity contribution is -0.170. The summed E-state index contributed by atoms with van der Waals surface area (Å²) in [7, 11) is 0. The van der Waals surface area contributed by atoms with E-state index in [1.54, 1.807) is 0 Å². The molecule has 3 rings (SSSR count). The lowest BCUT2D eigenvalue weighted by Gasteiger charge is -2.29. The highest BCUT2D eigenvalue weighted by molar-refractivity contribution is 6.00. The maximum atomic E-state index is 13.0. The van der Waals surface area contributed by atoms with Crippen LogP contribution in [0.1, 0.15) is 11.4 Å². The monoisotopic (exact) mass is 403 g/mol. The van der Waals surface area contributed by atoms with Crippen molar-refractivity contribution in [3.8, 4) is 0 Å². The molecule has 11 heteroatoms. The number of hydrogen-bond donors (Lipinski definition) is 0. The number of halogens is 6. The van der Waals surface area contributed by atoms with Crippen molar-refractivity contribution in [2.75, 3.05) is 9.80 Å². The zero-order chi connectivity index (χ0) is 20.7. The molecule has 0 radical (unpaired) electrons. The Kier molecular flexibility index (Phi) is 4.77. The fraction of sp³-hybridized carbons (Fsp3) is 0.235. The highest BCUT2D eigenvalue weighted by Gasteiger charge is 2.45. The van der Waals surface area contributed by atoms with Gasteiger partial charge < -0.3 is 0 Å². The third kappa shape index (κ3) is 3.92. The highest BCUT2D eigenvalue weighted by atomic mass is 19.4. The predicted molar refractivity (Wildman–Crippen MR) is 85.2 cm³/mol. The molecule has 0 unspecified atom stereocenters. The van der Waals surface area contributed by atoms with Crippen LogP contribution in [0.25, 0.3) is 0 Å². The molecule has 0 N–H and O–H groups in total. The van der Waals surface area contributed by atoms with Gasteiger partial charge >= 0.3 is 24.2 Å². The first-order valence-electron chi connectivity index (χ1n) is 7.79. The van der Waals surface area contributed by atoms with Gasteiger partial charge in [0.15, 0.2) is 0 Å². The molecular weight excluding hydrogens is 392 g/mol. The molecule has 5 nitrogen and oxygen atoms in total. The summed E-state index contributed by atoms with van der Waals surface area (Å²) in [6.45, 7) is -1.08. The highest BCUT2D eigenvalue weighted by Crippen LogP contribution is 2.32. The van der Waals surface area contributed by atoms with Gasteiger partial charge in [-0.3, -0.25) is 24.4 Å². The molecule has 2 heterocycles. The first kappa shape index (κ1) is 19.6. The van der Waals surface area contributed by atoms with E-state index in [4.69, 9.17) is 0 Å². The number of fused-ring (bicyclic) bond motifs is 4. The predicted octanol–water partition coefficient (Wildman–Crippen LogP) is 3.59. The molecule has 28 heavy (non-hydrogen) atoms. The zero-order valence-corrected chi connectivity index (χ0v) is 13.9. The van der Waals surface area contributed by atoms with Gasteiger partial charge in [0.1, 0.15) is 0 Å². The van der Waals surface area contributed by atoms with E-state index >= 15 is 0 Å². The van der Waals surface area contributed by atoms with Crippen molar-refractivity contribution in [3.05, 3.63) is 53.9 Å². The summed E-state index contributed by atoms with van der Waals surface area (Å²) in [5.74, 6) is -4.41. The van der Waals surface area contributed by atoms with E-state index in [0.29, 0.717) is 9.80 Å². The molecule has 0 fully saturated rings. The van der Waals surface area contributed by atoms with Crippen LogP contribution >= 0.6 is 0 Å². The maximum Gasteiger partial charge on any atom is 0.471 e. The second-order valence-corrected chi connectivity index (χ2v) is 5.92. The number of alkyl halides is 6. The van der Waals surface area contributed by atoms with Gasteiger partial charge in [-0.15, -0.1) is 0 Å². The molecule has 1 aromatic heterocycles. The van der Waals surface area contributed by atoms with Crippen molar-refractivity contribution < 1.29 is 35.9 Å². The standard InChI is InChI=1S/C17H11F6N3O2/c18-16(19,20)14(27)25-8-10-3-1-4-11(24-10)9-26(15(28)17(21,22)23)13-6-2-5-12(25)7-13/h1-7H,8-9H2. The van der Waals surface area contributed by atoms with Crippen LogP contribution in [0.15, 0.2) is 42.5 Å². The molecular formula is C17H11F6N3O2. The molecule has 0 saturated carbocycles. The summed E-state index contributed by atoms with van der Waals surface area (Å²) in [5.41, 5.74) is -0.563. The summed E-state index contributed by atoms with van der Waals surface area (Å²) in [5, 5.41) is 0. The summed E-state index contributed by atoms with van der Waals surface area (Å²) in [4.78, 5) is 28.4. The van der Waals surface area contributed by atoms with Crippen LogP contribution in [-0.2, 0) is 22.7 Å². The van der Waals surface area contributed by atoms with Gasteiger partial charge in [-0.1, -0.05) is 12.1 Å². The van der Waals surface area contributed by atoms with Crippen molar-refractivity contribution in [1.82, 2.24) is 4.98 Å². The zero-order valence-electron chi connectivity index (χ0n) is 13.9. The Morgan fingerprint density at radius 1 is 0.750 bits per heavy atom. The van der Waals surface area contributed by atoms with E-state index in [1.807, 2.05) is 0 Å². The Morgan fingerprint density at radius 2 is 1.14 bits per heavy atom. The summed E-state index contributed by atoms with van der Waals surface area (Å²) >= 11 is 0. The lowest BCUT2D eigenvalue weighted by Crippen LogP contribution is -2.43. The van der Waals surface area contributed by atoms with Gasteiger partial charge in [0.2, 0.25) is 0 Å². The summed E-state index contributed by atoms with van der Waals surface area (Å²) in [6, 6.07) is 8.41. The van der Waals surface area contributed by atoms with Crippen LogP contribution in [0.3, 0.4) is 0 Å². The van der Waals surface area contributed by atoms with E-state index in [1.165, 1.54) is 24.3 Å². The fourth-order valence-electron chi connectivity index (χ4n) is 2.72. The fourth-order valence-corrected chi connectivity index (χ4v) is 2.72. The van der Waals surface area contributed by atoms with E-state index in [2.05, 4.69) is 4.98 Å². The van der Waals surface area contributed by atoms with Gasteiger partial charge in [0.05, 0.1) is 24.5 Å². The van der Waals surface area contributed by atoms with E-state index < -0.39 is 37.3 Å². The SMILES string of the molecule is O=C(N1Cc2cccc(n2)CN(C(=O)C(F)(F)F)c2cccc1c2)C(F)(F)F. The Morgan fingerprint density at radius 3 is 1.54 bits per heavy atom. The number of carbonyl (C=O) groups is 2. The second-order valence-electron chi connectivity index (χ2n) is 5.92. The largest absolute Gasteiger partial charge is 0.471 e. The molecule has 0 saturated heterocycles. The summed E-state index contributed by atoms with van der Waals surface area (Å²) in [6.07, 6.45) is -10.4. The van der Waals surface area contributed by atoms with Crippen molar-refractivity contribution in [2.24, 2.45) is 0 Å². The van der Waals surface area contributed by atoms with Crippen LogP contribution in [0.2, 0.25) is 0 Å². The number of nitrogens with zero attached hydrogens (tertiary/aromatic N) is 3. The quantitative estimate of drug-likeness (QED) is 0.632. The molecule has 2 amide bonds. The smallest absolute Gasteiger partial charge is 0.299 e. The van der Waals surface area contributed by atoms with Crippen molar-refractivity contribution in [1.29, 1.82) is 0 Å². The third-order valence-corrected chi connectivity index (χ3v) is 3.93. The number of carbonyl (C=O) groups excluding carboxylic acids is 2. The van der Waals surface area contributed by atoms with Gasteiger partial charge in [-0.2, -0.15) is 26.3 Å². The third-order valence-electron chi connectivity index (χ3n) is 3.93. The number of rotatable bonds is 0. The first-order valence-corrected chi connectivity index (χ1v) is 7.79. The average Bonchev–Trinajstić information content (AvgIpc) is 2.61. The summed E-state index contributed by atoms with van der Waals surface area (Å²) < 4.78 is 78.1. The number of amides is 2. The normalized spacial score (nSPS) is 14.6. The van der Waals surface area contributed by atoms with Crippen LogP contribution in [-0.4, -0.2) is 29.2 Å². The lowest BCUT2D eigenvalue weighted by atomic mass is 10.1. The maximum absolute atomic E-state index is 13.0. The van der Waals surface area contributed by atoms with E-state index in [-0.39, 0.29) is 22.8 Å². The Labute approximate surface area is 154 Å². The van der Waals surface area contributed by atoms with Crippen LogP contribution < -0.4 is 9.80 Å². The molecule has 4 bridgehead atoms. The number of anilines is 2. The number of aromatic nitrogens is 1. The molecule has 2 aromatic rings. The minimum atomic E-state index is -5.21. The Hall–Kier alpha value is -3.11. The Balaban J connectivity index is 2.18. The average molecular weight is 403 g/mol. The molecule has 1 aliphatic heterocycles. The van der Waals surface area contributed by atoms with Gasteiger partial charge in [0, 0.05) is 11.4 Å². The minimum absolute atomic E-state index is 0.0295. The van der Waals surface area contributed by atoms with Crippen LogP contribution in [0.4, 0.5) is 37.7 Å². The van der Waals surface area contributed by atoms with Gasteiger partial charge in [-0.25, -0.2) is 0 Å². The number of hydrogen-bond acceptors (Lipinski definition) is 3. The van der Waals surface area contributed by atoms with Gasteiger partial charge in [0.25, 0.3) is 0 Å². The van der Waals surface area contributed by atoms with Crippen LogP contribution in [0, 0.1) is 0 Å². The molecule has 1 aliphatic rings. The molecule has 0 spiro atoms. The Bertz CT molecular complexity index is 859. The topological polar surface area (TPSA) is 53.5 Å². The minimum Gasteiger partial charge on any atom is -0.299 e. The van der Waals surface area contributed by atoms with Gasteiger partial charge in [-0.05, 0) is 30.3 Å². The number of benzene rings is 1. The van der Waals surface area contributed by atoms with E-state index in [9.17, 15) is 35.9 Å². The second kappa shape index (κ2) is 6.80. The van der Waals surface area contributed by atoms with Crippen molar-refractivity contribution >= 4 is 23.2 Å². The first-order chi connectivity index (χ1) is 13.0. The van der Waals surface area contributed by atoms with Crippen molar-refractivity contribution in [3.63, 3.8) is 0 Å².